The predicted molar refractivity (Wildman–Crippen MR) is 66.9 cm³/mol. The minimum atomic E-state index is -0.661. The minimum absolute atomic E-state index is 0.661. The third-order valence-electron chi connectivity index (χ3n) is 2.31. The fraction of sp³-hybridized carbons (Fsp3) is 0.583. The molecule has 0 spiro atoms. The first-order chi connectivity index (χ1) is 7.64. The minimum Gasteiger partial charge on any atom is -0.468 e. The molecule has 1 atom stereocenters. The Hall–Kier alpha value is -0.920. The molecular formula is C12H18N2OS. The summed E-state index contributed by atoms with van der Waals surface area (Å²) >= 11 is 1.85. The Balaban J connectivity index is 1.99. The molecule has 0 aromatic carbocycles. The number of thioether (sulfide) groups is 1. The van der Waals surface area contributed by atoms with Crippen molar-refractivity contribution in [2.24, 2.45) is 5.73 Å². The number of furan rings is 1. The third-order valence-corrected chi connectivity index (χ3v) is 3.38. The molecule has 88 valence electrons. The Morgan fingerprint density at radius 2 is 2.38 bits per heavy atom. The molecule has 0 fully saturated rings. The molecule has 16 heavy (non-hydrogen) atoms. The average Bonchev–Trinajstić information content (AvgIpc) is 2.76. The Labute approximate surface area is 101 Å². The van der Waals surface area contributed by atoms with E-state index >= 15 is 0 Å². The van der Waals surface area contributed by atoms with Crippen LogP contribution in [-0.4, -0.2) is 11.3 Å². The van der Waals surface area contributed by atoms with E-state index in [0.29, 0.717) is 0 Å². The van der Waals surface area contributed by atoms with Gasteiger partial charge in [-0.05, 0) is 44.1 Å². The normalized spacial score (nSPS) is 14.3. The standard InChI is InChI=1S/C12H18N2OS/c1-12(14,10-13)6-2-3-8-16-9-11-5-4-7-15-11/h4-5,7H,2-3,6,8-9,14H2,1H3. The lowest BCUT2D eigenvalue weighted by Crippen LogP contribution is -2.33. The maximum absolute atomic E-state index is 8.73. The topological polar surface area (TPSA) is 63.0 Å². The van der Waals surface area contributed by atoms with Gasteiger partial charge in [0.25, 0.3) is 0 Å². The second-order valence-corrected chi connectivity index (χ2v) is 5.22. The molecular weight excluding hydrogens is 220 g/mol. The van der Waals surface area contributed by atoms with Crippen molar-refractivity contribution in [3.63, 3.8) is 0 Å². The number of nitrogens with two attached hydrogens (primary N) is 1. The molecule has 1 unspecified atom stereocenters. The second-order valence-electron chi connectivity index (χ2n) is 4.12. The molecule has 2 N–H and O–H groups in total. The number of nitriles is 1. The molecule has 1 rings (SSSR count). The van der Waals surface area contributed by atoms with E-state index in [0.717, 1.165) is 36.5 Å². The third kappa shape index (κ3) is 5.24. The Morgan fingerprint density at radius 1 is 1.56 bits per heavy atom. The van der Waals surface area contributed by atoms with E-state index in [-0.39, 0.29) is 0 Å². The highest BCUT2D eigenvalue weighted by Gasteiger charge is 2.15. The SMILES string of the molecule is CC(N)(C#N)CCCCSCc1ccco1. The quantitative estimate of drug-likeness (QED) is 0.742. The molecule has 0 aliphatic rings. The van der Waals surface area contributed by atoms with Gasteiger partial charge in [0, 0.05) is 0 Å². The lowest BCUT2D eigenvalue weighted by Gasteiger charge is -2.14. The smallest absolute Gasteiger partial charge is 0.113 e. The lowest BCUT2D eigenvalue weighted by molar-refractivity contribution is 0.518. The Bertz CT molecular complexity index is 327. The molecule has 3 nitrogen and oxygen atoms in total. The average molecular weight is 238 g/mol. The van der Waals surface area contributed by atoms with E-state index in [1.54, 1.807) is 13.2 Å². The highest BCUT2D eigenvalue weighted by molar-refractivity contribution is 7.98. The first-order valence-corrected chi connectivity index (χ1v) is 6.60. The van der Waals surface area contributed by atoms with E-state index in [1.807, 2.05) is 23.9 Å². The zero-order valence-corrected chi connectivity index (χ0v) is 10.4. The van der Waals surface area contributed by atoms with Crippen molar-refractivity contribution in [3.05, 3.63) is 24.2 Å². The Kier molecular flexibility index (Phi) is 5.44. The maximum Gasteiger partial charge on any atom is 0.113 e. The molecule has 4 heteroatoms. The van der Waals surface area contributed by atoms with Crippen LogP contribution in [0.1, 0.15) is 31.9 Å². The number of unbranched alkanes of at least 4 members (excludes halogenated alkanes) is 1. The van der Waals surface area contributed by atoms with Crippen LogP contribution in [0.3, 0.4) is 0 Å². The van der Waals surface area contributed by atoms with Gasteiger partial charge in [-0.25, -0.2) is 0 Å². The van der Waals surface area contributed by atoms with E-state index < -0.39 is 5.54 Å². The molecule has 0 radical (unpaired) electrons. The van der Waals surface area contributed by atoms with E-state index in [2.05, 4.69) is 6.07 Å². The molecule has 0 saturated carbocycles. The van der Waals surface area contributed by atoms with Crippen molar-refractivity contribution in [1.29, 1.82) is 5.26 Å². The number of rotatable bonds is 7. The first kappa shape index (κ1) is 13.1. The number of nitrogens with zero attached hydrogens (tertiary/aromatic N) is 1. The molecule has 0 saturated heterocycles. The van der Waals surface area contributed by atoms with Crippen LogP contribution in [-0.2, 0) is 5.75 Å². The summed E-state index contributed by atoms with van der Waals surface area (Å²) in [5, 5.41) is 8.73. The van der Waals surface area contributed by atoms with Crippen LogP contribution in [0, 0.1) is 11.3 Å². The van der Waals surface area contributed by atoms with Gasteiger partial charge in [-0.1, -0.05) is 0 Å². The summed E-state index contributed by atoms with van der Waals surface area (Å²) in [6.07, 6.45) is 4.57. The van der Waals surface area contributed by atoms with Crippen molar-refractivity contribution in [2.45, 2.75) is 37.5 Å². The monoisotopic (exact) mass is 238 g/mol. The van der Waals surface area contributed by atoms with Gasteiger partial charge >= 0.3 is 0 Å². The fourth-order valence-electron chi connectivity index (χ4n) is 1.32. The first-order valence-electron chi connectivity index (χ1n) is 5.44. The molecule has 0 bridgehead atoms. The summed E-state index contributed by atoms with van der Waals surface area (Å²) in [7, 11) is 0. The van der Waals surface area contributed by atoms with Crippen LogP contribution >= 0.6 is 11.8 Å². The largest absolute Gasteiger partial charge is 0.468 e. The molecule has 0 aliphatic carbocycles. The highest BCUT2D eigenvalue weighted by Crippen LogP contribution is 2.16. The van der Waals surface area contributed by atoms with Crippen molar-refractivity contribution in [3.8, 4) is 6.07 Å². The van der Waals surface area contributed by atoms with Gasteiger partial charge in [-0.15, -0.1) is 0 Å². The highest BCUT2D eigenvalue weighted by atomic mass is 32.2. The maximum atomic E-state index is 8.73. The van der Waals surface area contributed by atoms with Crippen molar-refractivity contribution in [2.75, 3.05) is 5.75 Å². The fourth-order valence-corrected chi connectivity index (χ4v) is 2.24. The summed E-state index contributed by atoms with van der Waals surface area (Å²) in [6, 6.07) is 6.00. The summed E-state index contributed by atoms with van der Waals surface area (Å²) in [4.78, 5) is 0. The van der Waals surface area contributed by atoms with Crippen LogP contribution in [0.15, 0.2) is 22.8 Å². The zero-order valence-electron chi connectivity index (χ0n) is 9.61. The molecule has 0 amide bonds. The summed E-state index contributed by atoms with van der Waals surface area (Å²) in [5.74, 6) is 3.03. The number of hydrogen-bond donors (Lipinski definition) is 1. The van der Waals surface area contributed by atoms with Gasteiger partial charge in [-0.3, -0.25) is 0 Å². The molecule has 1 heterocycles. The van der Waals surface area contributed by atoms with Crippen LogP contribution < -0.4 is 5.73 Å². The van der Waals surface area contributed by atoms with E-state index in [9.17, 15) is 0 Å². The van der Waals surface area contributed by atoms with Gasteiger partial charge < -0.3 is 10.2 Å². The van der Waals surface area contributed by atoms with Gasteiger partial charge in [0.05, 0.1) is 18.1 Å². The van der Waals surface area contributed by atoms with Crippen LogP contribution in [0.25, 0.3) is 0 Å². The molecule has 1 aromatic heterocycles. The van der Waals surface area contributed by atoms with Crippen LogP contribution in [0.2, 0.25) is 0 Å². The van der Waals surface area contributed by atoms with Crippen molar-refractivity contribution < 1.29 is 4.42 Å². The summed E-state index contributed by atoms with van der Waals surface area (Å²) in [6.45, 7) is 1.78. The van der Waals surface area contributed by atoms with Crippen LogP contribution in [0.4, 0.5) is 0 Å². The molecule has 1 aromatic rings. The summed E-state index contributed by atoms with van der Waals surface area (Å²) in [5.41, 5.74) is 5.06. The van der Waals surface area contributed by atoms with Crippen molar-refractivity contribution >= 4 is 11.8 Å². The molecule has 0 aliphatic heterocycles. The number of hydrogen-bond acceptors (Lipinski definition) is 4. The van der Waals surface area contributed by atoms with Gasteiger partial charge in [-0.2, -0.15) is 17.0 Å². The van der Waals surface area contributed by atoms with Crippen molar-refractivity contribution in [1.82, 2.24) is 0 Å². The van der Waals surface area contributed by atoms with E-state index in [4.69, 9.17) is 15.4 Å². The predicted octanol–water partition coefficient (Wildman–Crippen LogP) is 2.92. The van der Waals surface area contributed by atoms with Crippen LogP contribution in [0.5, 0.6) is 0 Å². The Morgan fingerprint density at radius 3 is 3.00 bits per heavy atom. The zero-order chi connectivity index (χ0) is 11.9. The van der Waals surface area contributed by atoms with Gasteiger partial charge in [0.1, 0.15) is 11.3 Å². The second kappa shape index (κ2) is 6.62. The van der Waals surface area contributed by atoms with Gasteiger partial charge in [0.2, 0.25) is 0 Å². The lowest BCUT2D eigenvalue weighted by atomic mass is 9.99. The summed E-state index contributed by atoms with van der Waals surface area (Å²) < 4.78 is 5.23. The van der Waals surface area contributed by atoms with Gasteiger partial charge in [0.15, 0.2) is 0 Å². The van der Waals surface area contributed by atoms with E-state index in [1.165, 1.54) is 0 Å².